The van der Waals surface area contributed by atoms with Crippen LogP contribution in [0.5, 0.6) is 0 Å². The van der Waals surface area contributed by atoms with Gasteiger partial charge < -0.3 is 14.5 Å². The SMILES string of the molecule is COC(=O)C1CCN(C(=O)CN2CCN(c3ccc(F)cc3)C2=O)CC1. The molecule has 3 amide bonds. The van der Waals surface area contributed by atoms with Crippen molar-refractivity contribution in [3.8, 4) is 0 Å². The van der Waals surface area contributed by atoms with Crippen molar-refractivity contribution >= 4 is 23.6 Å². The van der Waals surface area contributed by atoms with Gasteiger partial charge in [-0.1, -0.05) is 0 Å². The second-order valence-corrected chi connectivity index (χ2v) is 6.51. The molecule has 0 aromatic heterocycles. The van der Waals surface area contributed by atoms with E-state index < -0.39 is 0 Å². The van der Waals surface area contributed by atoms with Gasteiger partial charge in [0.1, 0.15) is 12.4 Å². The summed E-state index contributed by atoms with van der Waals surface area (Å²) in [6.07, 6.45) is 1.15. The number of benzene rings is 1. The molecule has 1 aromatic rings. The van der Waals surface area contributed by atoms with Gasteiger partial charge in [-0.2, -0.15) is 0 Å². The van der Waals surface area contributed by atoms with Crippen LogP contribution in [0.2, 0.25) is 0 Å². The molecule has 0 bridgehead atoms. The average molecular weight is 363 g/mol. The molecule has 0 aliphatic carbocycles. The van der Waals surface area contributed by atoms with Gasteiger partial charge in [-0.3, -0.25) is 14.5 Å². The van der Waals surface area contributed by atoms with E-state index in [-0.39, 0.29) is 36.2 Å². The number of methoxy groups -OCH3 is 1. The van der Waals surface area contributed by atoms with Gasteiger partial charge in [0.25, 0.3) is 0 Å². The zero-order valence-corrected chi connectivity index (χ0v) is 14.7. The summed E-state index contributed by atoms with van der Waals surface area (Å²) in [5.41, 5.74) is 0.616. The first kappa shape index (κ1) is 18.2. The summed E-state index contributed by atoms with van der Waals surface area (Å²) in [4.78, 5) is 41.3. The molecule has 0 atom stereocenters. The van der Waals surface area contributed by atoms with Crippen LogP contribution >= 0.6 is 0 Å². The van der Waals surface area contributed by atoms with Crippen molar-refractivity contribution in [2.24, 2.45) is 5.92 Å². The standard InChI is InChI=1S/C18H22FN3O4/c1-26-17(24)13-6-8-20(9-7-13)16(23)12-21-10-11-22(18(21)25)15-4-2-14(19)3-5-15/h2-5,13H,6-12H2,1H3. The fraction of sp³-hybridized carbons (Fsp3) is 0.500. The van der Waals surface area contributed by atoms with E-state index in [2.05, 4.69) is 0 Å². The third-order valence-electron chi connectivity index (χ3n) is 4.94. The van der Waals surface area contributed by atoms with Crippen molar-refractivity contribution in [2.75, 3.05) is 44.7 Å². The van der Waals surface area contributed by atoms with Crippen LogP contribution in [0.1, 0.15) is 12.8 Å². The molecule has 7 nitrogen and oxygen atoms in total. The molecule has 0 spiro atoms. The molecule has 140 valence electrons. The smallest absolute Gasteiger partial charge is 0.325 e. The fourth-order valence-electron chi connectivity index (χ4n) is 3.38. The Labute approximate surface area is 151 Å². The lowest BCUT2D eigenvalue weighted by Crippen LogP contribution is -2.46. The predicted octanol–water partition coefficient (Wildman–Crippen LogP) is 1.48. The molecule has 2 aliphatic heterocycles. The summed E-state index contributed by atoms with van der Waals surface area (Å²) >= 11 is 0. The minimum absolute atomic E-state index is 0.0133. The Morgan fingerprint density at radius 1 is 1.12 bits per heavy atom. The number of hydrogen-bond donors (Lipinski definition) is 0. The average Bonchev–Trinajstić information content (AvgIpc) is 3.02. The Balaban J connectivity index is 1.53. The number of halogens is 1. The fourth-order valence-corrected chi connectivity index (χ4v) is 3.38. The van der Waals surface area contributed by atoms with Crippen LogP contribution in [0.4, 0.5) is 14.9 Å². The van der Waals surface area contributed by atoms with Crippen LogP contribution in [0.25, 0.3) is 0 Å². The number of piperidine rings is 1. The van der Waals surface area contributed by atoms with E-state index in [1.165, 1.54) is 29.0 Å². The van der Waals surface area contributed by atoms with E-state index >= 15 is 0 Å². The number of ether oxygens (including phenoxy) is 1. The van der Waals surface area contributed by atoms with Crippen molar-refractivity contribution in [1.82, 2.24) is 9.80 Å². The molecule has 0 radical (unpaired) electrons. The number of nitrogens with zero attached hydrogens (tertiary/aromatic N) is 3. The molecule has 8 heteroatoms. The Morgan fingerprint density at radius 3 is 2.38 bits per heavy atom. The maximum Gasteiger partial charge on any atom is 0.325 e. The van der Waals surface area contributed by atoms with Crippen molar-refractivity contribution < 1.29 is 23.5 Å². The van der Waals surface area contributed by atoms with Gasteiger partial charge in [0.2, 0.25) is 5.91 Å². The van der Waals surface area contributed by atoms with Gasteiger partial charge in [0.15, 0.2) is 0 Å². The van der Waals surface area contributed by atoms with Crippen LogP contribution in [-0.4, -0.2) is 67.5 Å². The van der Waals surface area contributed by atoms with Crippen molar-refractivity contribution in [2.45, 2.75) is 12.8 Å². The minimum atomic E-state index is -0.359. The van der Waals surface area contributed by atoms with E-state index in [0.29, 0.717) is 44.7 Å². The van der Waals surface area contributed by atoms with Crippen LogP contribution in [-0.2, 0) is 14.3 Å². The summed E-state index contributed by atoms with van der Waals surface area (Å²) in [6, 6.07) is 5.46. The Bertz CT molecular complexity index is 686. The highest BCUT2D eigenvalue weighted by atomic mass is 19.1. The second kappa shape index (κ2) is 7.72. The van der Waals surface area contributed by atoms with E-state index in [9.17, 15) is 18.8 Å². The summed E-state index contributed by atoms with van der Waals surface area (Å²) < 4.78 is 17.8. The Kier molecular flexibility index (Phi) is 5.39. The first-order valence-corrected chi connectivity index (χ1v) is 8.67. The predicted molar refractivity (Wildman–Crippen MR) is 92.0 cm³/mol. The number of anilines is 1. The van der Waals surface area contributed by atoms with Gasteiger partial charge in [0.05, 0.1) is 13.0 Å². The molecule has 0 saturated carbocycles. The lowest BCUT2D eigenvalue weighted by Gasteiger charge is -2.31. The zero-order chi connectivity index (χ0) is 18.7. The molecule has 26 heavy (non-hydrogen) atoms. The van der Waals surface area contributed by atoms with Gasteiger partial charge in [0, 0.05) is 31.9 Å². The highest BCUT2D eigenvalue weighted by molar-refractivity contribution is 5.96. The molecule has 3 rings (SSSR count). The summed E-state index contributed by atoms with van der Waals surface area (Å²) in [5, 5.41) is 0. The number of carbonyl (C=O) groups excluding carboxylic acids is 3. The zero-order valence-electron chi connectivity index (χ0n) is 14.7. The Morgan fingerprint density at radius 2 is 1.77 bits per heavy atom. The summed E-state index contributed by atoms with van der Waals surface area (Å²) in [6.45, 7) is 1.90. The van der Waals surface area contributed by atoms with E-state index in [1.54, 1.807) is 17.0 Å². The van der Waals surface area contributed by atoms with E-state index in [4.69, 9.17) is 4.74 Å². The number of urea groups is 1. The van der Waals surface area contributed by atoms with Crippen molar-refractivity contribution in [3.63, 3.8) is 0 Å². The first-order valence-electron chi connectivity index (χ1n) is 8.67. The van der Waals surface area contributed by atoms with Gasteiger partial charge in [-0.05, 0) is 37.1 Å². The lowest BCUT2D eigenvalue weighted by molar-refractivity contribution is -0.148. The van der Waals surface area contributed by atoms with Crippen molar-refractivity contribution in [1.29, 1.82) is 0 Å². The summed E-state index contributed by atoms with van der Waals surface area (Å²) in [5.74, 6) is -0.876. The molecule has 0 unspecified atom stereocenters. The number of rotatable bonds is 4. The largest absolute Gasteiger partial charge is 0.469 e. The van der Waals surface area contributed by atoms with Gasteiger partial charge in [-0.25, -0.2) is 9.18 Å². The molecular formula is C18H22FN3O4. The number of amides is 3. The molecule has 0 N–H and O–H groups in total. The minimum Gasteiger partial charge on any atom is -0.469 e. The second-order valence-electron chi connectivity index (χ2n) is 6.51. The third-order valence-corrected chi connectivity index (χ3v) is 4.94. The normalized spacial score (nSPS) is 18.4. The molecule has 1 aromatic carbocycles. The molecule has 2 aliphatic rings. The molecule has 2 fully saturated rings. The number of carbonyl (C=O) groups is 3. The summed E-state index contributed by atoms with van der Waals surface area (Å²) in [7, 11) is 1.37. The quantitative estimate of drug-likeness (QED) is 0.760. The van der Waals surface area contributed by atoms with Gasteiger partial charge in [-0.15, -0.1) is 0 Å². The van der Waals surface area contributed by atoms with Crippen molar-refractivity contribution in [3.05, 3.63) is 30.1 Å². The number of hydrogen-bond acceptors (Lipinski definition) is 4. The molecule has 2 saturated heterocycles. The van der Waals surface area contributed by atoms with E-state index in [0.717, 1.165) is 0 Å². The monoisotopic (exact) mass is 363 g/mol. The third kappa shape index (κ3) is 3.79. The van der Waals surface area contributed by atoms with E-state index in [1.807, 2.05) is 0 Å². The topological polar surface area (TPSA) is 70.2 Å². The Hall–Kier alpha value is -2.64. The maximum absolute atomic E-state index is 13.0. The van der Waals surface area contributed by atoms with Gasteiger partial charge >= 0.3 is 12.0 Å². The number of esters is 1. The molecule has 2 heterocycles. The van der Waals surface area contributed by atoms with Crippen LogP contribution in [0, 0.1) is 11.7 Å². The lowest BCUT2D eigenvalue weighted by atomic mass is 9.97. The first-order chi connectivity index (χ1) is 12.5. The highest BCUT2D eigenvalue weighted by Crippen LogP contribution is 2.22. The maximum atomic E-state index is 13.0. The van der Waals surface area contributed by atoms with Crippen LogP contribution in [0.15, 0.2) is 24.3 Å². The van der Waals surface area contributed by atoms with Crippen LogP contribution in [0.3, 0.4) is 0 Å². The molecular weight excluding hydrogens is 341 g/mol. The van der Waals surface area contributed by atoms with Crippen LogP contribution < -0.4 is 4.90 Å². The number of likely N-dealkylation sites (tertiary alicyclic amines) is 1. The highest BCUT2D eigenvalue weighted by Gasteiger charge is 2.33.